The fourth-order valence-electron chi connectivity index (χ4n) is 1.79. The minimum Gasteiger partial charge on any atom is -0.211 e. The molecule has 0 unspecified atom stereocenters. The molecule has 0 saturated heterocycles. The second kappa shape index (κ2) is 9.07. The number of unbranched alkanes of at least 4 members (excludes halogenated alkanes) is 3. The molecule has 0 heterocycles. The first-order valence-electron chi connectivity index (χ1n) is 6.51. The van der Waals surface area contributed by atoms with E-state index in [-0.39, 0.29) is 11.0 Å². The van der Waals surface area contributed by atoms with Gasteiger partial charge in [-0.05, 0) is 46.8 Å². The lowest BCUT2D eigenvalue weighted by Crippen LogP contribution is -2.26. The number of hydrogen-bond acceptors (Lipinski definition) is 3. The monoisotopic (exact) mass is 401 g/mol. The van der Waals surface area contributed by atoms with Crippen LogP contribution in [-0.2, 0) is 10.0 Å². The van der Waals surface area contributed by atoms with Gasteiger partial charge in [-0.2, -0.15) is 11.8 Å². The largest absolute Gasteiger partial charge is 0.244 e. The molecule has 0 amide bonds. The Morgan fingerprint density at radius 2 is 1.86 bits per heavy atom. The van der Waals surface area contributed by atoms with Crippen LogP contribution < -0.4 is 4.72 Å². The highest BCUT2D eigenvalue weighted by Crippen LogP contribution is 2.26. The lowest BCUT2D eigenvalue weighted by molar-refractivity contribution is 0.538. The quantitative estimate of drug-likeness (QED) is 0.637. The molecule has 0 fully saturated rings. The van der Waals surface area contributed by atoms with Crippen LogP contribution in [0.25, 0.3) is 0 Å². The summed E-state index contributed by atoms with van der Waals surface area (Å²) in [7, 11) is -3.98. The van der Waals surface area contributed by atoms with Crippen LogP contribution in [0.4, 0.5) is 8.78 Å². The Bertz CT molecular complexity index is 544. The van der Waals surface area contributed by atoms with E-state index in [0.29, 0.717) is 12.5 Å². The third-order valence-corrected chi connectivity index (χ3v) is 5.92. The van der Waals surface area contributed by atoms with Crippen molar-refractivity contribution in [2.75, 3.05) is 18.6 Å². The molecule has 0 aromatic heterocycles. The lowest BCUT2D eigenvalue weighted by Gasteiger charge is -2.09. The summed E-state index contributed by atoms with van der Waals surface area (Å²) in [5, 5.41) is 0. The lowest BCUT2D eigenvalue weighted by atomic mass is 10.2. The third kappa shape index (κ3) is 6.22. The minimum atomic E-state index is -3.98. The summed E-state index contributed by atoms with van der Waals surface area (Å²) < 4.78 is 52.8. The zero-order valence-electron chi connectivity index (χ0n) is 11.7. The van der Waals surface area contributed by atoms with Gasteiger partial charge in [0.2, 0.25) is 10.0 Å². The average molecular weight is 402 g/mol. The maximum Gasteiger partial charge on any atom is 0.244 e. The van der Waals surface area contributed by atoms with Gasteiger partial charge >= 0.3 is 0 Å². The molecule has 1 aromatic rings. The maximum absolute atomic E-state index is 13.6. The summed E-state index contributed by atoms with van der Waals surface area (Å²) in [6.07, 6.45) is 5.79. The van der Waals surface area contributed by atoms with Crippen LogP contribution in [0.2, 0.25) is 0 Å². The van der Waals surface area contributed by atoms with Crippen molar-refractivity contribution >= 4 is 37.7 Å². The van der Waals surface area contributed by atoms with Crippen molar-refractivity contribution in [3.05, 3.63) is 28.2 Å². The fourth-order valence-corrected chi connectivity index (χ4v) is 4.52. The van der Waals surface area contributed by atoms with Gasteiger partial charge in [-0.25, -0.2) is 21.9 Å². The highest BCUT2D eigenvalue weighted by molar-refractivity contribution is 9.10. The average Bonchev–Trinajstić information content (AvgIpc) is 2.35. The summed E-state index contributed by atoms with van der Waals surface area (Å²) in [6.45, 7) is 0.241. The van der Waals surface area contributed by atoms with E-state index < -0.39 is 26.6 Å². The van der Waals surface area contributed by atoms with Gasteiger partial charge in [0.05, 0.1) is 0 Å². The van der Waals surface area contributed by atoms with Crippen LogP contribution in [0.3, 0.4) is 0 Å². The van der Waals surface area contributed by atoms with E-state index in [9.17, 15) is 17.2 Å². The van der Waals surface area contributed by atoms with Crippen LogP contribution in [0.1, 0.15) is 25.7 Å². The van der Waals surface area contributed by atoms with E-state index in [1.165, 1.54) is 0 Å². The second-order valence-corrected chi connectivity index (χ2v) is 8.05. The van der Waals surface area contributed by atoms with Crippen molar-refractivity contribution in [3.63, 3.8) is 0 Å². The Kier molecular flexibility index (Phi) is 8.15. The van der Waals surface area contributed by atoms with E-state index in [1.807, 2.05) is 6.26 Å². The fraction of sp³-hybridized carbons (Fsp3) is 0.538. The molecule has 0 bridgehead atoms. The summed E-state index contributed by atoms with van der Waals surface area (Å²) in [4.78, 5) is -0.550. The van der Waals surface area contributed by atoms with E-state index in [4.69, 9.17) is 0 Å². The Morgan fingerprint density at radius 3 is 2.48 bits per heavy atom. The van der Waals surface area contributed by atoms with Crippen LogP contribution in [0.5, 0.6) is 0 Å². The van der Waals surface area contributed by atoms with Crippen molar-refractivity contribution < 1.29 is 17.2 Å². The Balaban J connectivity index is 2.55. The topological polar surface area (TPSA) is 46.2 Å². The molecule has 0 spiro atoms. The molecule has 21 heavy (non-hydrogen) atoms. The molecule has 0 radical (unpaired) electrons. The number of rotatable bonds is 9. The number of hydrogen-bond donors (Lipinski definition) is 1. The van der Waals surface area contributed by atoms with Gasteiger partial charge in [0.25, 0.3) is 0 Å². The van der Waals surface area contributed by atoms with E-state index in [0.717, 1.165) is 31.1 Å². The number of benzene rings is 1. The maximum atomic E-state index is 13.6. The van der Waals surface area contributed by atoms with Crippen LogP contribution in [0, 0.1) is 11.6 Å². The Hall–Kier alpha value is -0.180. The van der Waals surface area contributed by atoms with Gasteiger partial charge < -0.3 is 0 Å². The number of nitrogens with one attached hydrogen (secondary N) is 1. The molecule has 0 aliphatic carbocycles. The van der Waals surface area contributed by atoms with Gasteiger partial charge in [0.1, 0.15) is 16.5 Å². The van der Waals surface area contributed by atoms with Crippen molar-refractivity contribution in [2.45, 2.75) is 30.6 Å². The summed E-state index contributed by atoms with van der Waals surface area (Å²) in [5.74, 6) is -0.833. The van der Waals surface area contributed by atoms with Crippen molar-refractivity contribution in [1.29, 1.82) is 0 Å². The predicted molar refractivity (Wildman–Crippen MR) is 86.1 cm³/mol. The van der Waals surface area contributed by atoms with Crippen molar-refractivity contribution in [2.24, 2.45) is 0 Å². The first kappa shape index (κ1) is 18.9. The standard InChI is InChI=1S/C13H18BrF2NO2S2/c1-20-7-5-3-2-4-6-17-21(18,19)13-11(14)8-10(15)9-12(13)16/h8-9,17H,2-7H2,1H3. The minimum absolute atomic E-state index is 0.118. The van der Waals surface area contributed by atoms with Gasteiger partial charge in [-0.3, -0.25) is 0 Å². The molecular weight excluding hydrogens is 384 g/mol. The number of halogens is 3. The first-order valence-corrected chi connectivity index (χ1v) is 10.2. The van der Waals surface area contributed by atoms with E-state index >= 15 is 0 Å². The van der Waals surface area contributed by atoms with Crippen LogP contribution in [-0.4, -0.2) is 27.0 Å². The molecule has 120 valence electrons. The summed E-state index contributed by atoms with van der Waals surface area (Å²) in [6, 6.07) is 1.49. The first-order chi connectivity index (χ1) is 9.88. The smallest absolute Gasteiger partial charge is 0.211 e. The van der Waals surface area contributed by atoms with E-state index in [1.54, 1.807) is 11.8 Å². The third-order valence-electron chi connectivity index (χ3n) is 2.80. The van der Waals surface area contributed by atoms with Crippen LogP contribution in [0.15, 0.2) is 21.5 Å². The molecule has 0 aliphatic heterocycles. The highest BCUT2D eigenvalue weighted by atomic mass is 79.9. The number of sulfonamides is 1. The molecule has 8 heteroatoms. The van der Waals surface area contributed by atoms with E-state index in [2.05, 4.69) is 20.7 Å². The zero-order valence-corrected chi connectivity index (χ0v) is 14.9. The zero-order chi connectivity index (χ0) is 15.9. The molecule has 1 rings (SSSR count). The second-order valence-electron chi connectivity index (χ2n) is 4.50. The Morgan fingerprint density at radius 1 is 1.19 bits per heavy atom. The molecule has 3 nitrogen and oxygen atoms in total. The van der Waals surface area contributed by atoms with Crippen molar-refractivity contribution in [1.82, 2.24) is 4.72 Å². The highest BCUT2D eigenvalue weighted by Gasteiger charge is 2.23. The molecule has 0 atom stereocenters. The SMILES string of the molecule is CSCCCCCCNS(=O)(=O)c1c(F)cc(F)cc1Br. The van der Waals surface area contributed by atoms with Gasteiger partial charge in [-0.15, -0.1) is 0 Å². The molecular formula is C13H18BrF2NO2S2. The normalized spacial score (nSPS) is 11.8. The summed E-state index contributed by atoms with van der Waals surface area (Å²) >= 11 is 4.67. The van der Waals surface area contributed by atoms with Gasteiger partial charge in [0.15, 0.2) is 0 Å². The van der Waals surface area contributed by atoms with Gasteiger partial charge in [0, 0.05) is 17.1 Å². The summed E-state index contributed by atoms with van der Waals surface area (Å²) in [5.41, 5.74) is 0. The van der Waals surface area contributed by atoms with Crippen LogP contribution >= 0.6 is 27.7 Å². The molecule has 0 aliphatic rings. The van der Waals surface area contributed by atoms with Gasteiger partial charge in [-0.1, -0.05) is 12.8 Å². The number of thioether (sulfide) groups is 1. The van der Waals surface area contributed by atoms with Crippen molar-refractivity contribution in [3.8, 4) is 0 Å². The predicted octanol–water partition coefficient (Wildman–Crippen LogP) is 3.93. The molecule has 1 N–H and O–H groups in total. The Labute approximate surface area is 137 Å². The molecule has 1 aromatic carbocycles. The molecule has 0 saturated carbocycles.